The van der Waals surface area contributed by atoms with E-state index in [2.05, 4.69) is 33.2 Å². The molecule has 0 aromatic carbocycles. The molecule has 0 radical (unpaired) electrons. The van der Waals surface area contributed by atoms with Crippen LogP contribution in [0.5, 0.6) is 0 Å². The van der Waals surface area contributed by atoms with Crippen molar-refractivity contribution in [1.82, 2.24) is 10.2 Å². The van der Waals surface area contributed by atoms with Gasteiger partial charge in [0.25, 0.3) is 0 Å². The third-order valence-corrected chi connectivity index (χ3v) is 6.26. The second-order valence-electron chi connectivity index (χ2n) is 5.48. The maximum Gasteiger partial charge on any atom is 0.193 e. The van der Waals surface area contributed by atoms with Crippen LogP contribution >= 0.6 is 23.5 Å². The first kappa shape index (κ1) is 15.4. The summed E-state index contributed by atoms with van der Waals surface area (Å²) in [5, 5.41) is 3.51. The number of aliphatic imine (C=N–C) groups is 1. The molecule has 2 rings (SSSR count). The summed E-state index contributed by atoms with van der Waals surface area (Å²) in [5.74, 6) is 3.51. The molecule has 0 bridgehead atoms. The average molecular weight is 302 g/mol. The summed E-state index contributed by atoms with van der Waals surface area (Å²) in [6.45, 7) is 3.35. The molecule has 1 aliphatic carbocycles. The Balaban J connectivity index is 1.91. The number of nitrogens with one attached hydrogen (secondary N) is 1. The molecule has 0 atom stereocenters. The lowest BCUT2D eigenvalue weighted by atomic mass is 9.87. The van der Waals surface area contributed by atoms with E-state index in [1.54, 1.807) is 0 Å². The van der Waals surface area contributed by atoms with Gasteiger partial charge in [0.2, 0.25) is 0 Å². The molecule has 0 aromatic heterocycles. The molecule has 1 saturated carbocycles. The number of hydrogen-bond acceptors (Lipinski definition) is 3. The number of nitrogens with zero attached hydrogens (tertiary/aromatic N) is 2. The average Bonchev–Trinajstić information content (AvgIpc) is 2.44. The minimum Gasteiger partial charge on any atom is -0.355 e. The lowest BCUT2D eigenvalue weighted by molar-refractivity contribution is 0.293. The molecule has 110 valence electrons. The second kappa shape index (κ2) is 7.67. The summed E-state index contributed by atoms with van der Waals surface area (Å²) in [7, 11) is 1.91. The van der Waals surface area contributed by atoms with Crippen LogP contribution in [0.3, 0.4) is 0 Å². The fraction of sp³-hybridized carbons (Fsp3) is 0.929. The Morgan fingerprint density at radius 1 is 1.37 bits per heavy atom. The third kappa shape index (κ3) is 4.22. The molecule has 0 unspecified atom stereocenters. The summed E-state index contributed by atoms with van der Waals surface area (Å²) in [4.78, 5) is 6.96. The van der Waals surface area contributed by atoms with E-state index in [-0.39, 0.29) is 0 Å². The van der Waals surface area contributed by atoms with Gasteiger partial charge in [-0.15, -0.1) is 0 Å². The van der Waals surface area contributed by atoms with Crippen LogP contribution in [0.4, 0.5) is 0 Å². The van der Waals surface area contributed by atoms with Crippen molar-refractivity contribution in [3.8, 4) is 0 Å². The summed E-state index contributed by atoms with van der Waals surface area (Å²) in [5.41, 5.74) is 0. The zero-order chi connectivity index (χ0) is 13.6. The Morgan fingerprint density at radius 2 is 2.16 bits per heavy atom. The number of guanidine groups is 1. The Hall–Kier alpha value is -0.0300. The first-order valence-electron chi connectivity index (χ1n) is 7.38. The predicted octanol–water partition coefficient (Wildman–Crippen LogP) is 2.68. The van der Waals surface area contributed by atoms with E-state index < -0.39 is 0 Å². The van der Waals surface area contributed by atoms with Gasteiger partial charge in [-0.25, -0.2) is 0 Å². The normalized spacial score (nSPS) is 23.7. The fourth-order valence-corrected chi connectivity index (χ4v) is 5.00. The number of thioether (sulfide) groups is 2. The van der Waals surface area contributed by atoms with Crippen molar-refractivity contribution in [2.75, 3.05) is 44.4 Å². The van der Waals surface area contributed by atoms with Gasteiger partial charge in [0.15, 0.2) is 5.96 Å². The van der Waals surface area contributed by atoms with Crippen molar-refractivity contribution in [3.63, 3.8) is 0 Å². The van der Waals surface area contributed by atoms with Gasteiger partial charge in [-0.1, -0.05) is 19.3 Å². The zero-order valence-corrected chi connectivity index (χ0v) is 13.9. The minimum atomic E-state index is 0.521. The monoisotopic (exact) mass is 301 g/mol. The van der Waals surface area contributed by atoms with E-state index in [1.165, 1.54) is 44.4 Å². The molecule has 3 nitrogen and oxygen atoms in total. The molecule has 2 aliphatic rings. The molecular weight excluding hydrogens is 274 g/mol. The van der Waals surface area contributed by atoms with Crippen molar-refractivity contribution in [2.24, 2.45) is 4.99 Å². The molecule has 1 aliphatic heterocycles. The Bertz CT molecular complexity index is 296. The molecule has 1 N–H and O–H groups in total. The smallest absolute Gasteiger partial charge is 0.193 e. The van der Waals surface area contributed by atoms with E-state index >= 15 is 0 Å². The highest BCUT2D eigenvalue weighted by Crippen LogP contribution is 2.42. The maximum atomic E-state index is 4.47. The Labute approximate surface area is 126 Å². The largest absolute Gasteiger partial charge is 0.355 e. The lowest BCUT2D eigenvalue weighted by Crippen LogP contribution is -2.53. The highest BCUT2D eigenvalue weighted by molar-refractivity contribution is 8.00. The second-order valence-corrected chi connectivity index (χ2v) is 8.03. The molecule has 0 amide bonds. The van der Waals surface area contributed by atoms with Crippen LogP contribution in [0.2, 0.25) is 0 Å². The fourth-order valence-electron chi connectivity index (χ4n) is 3.12. The highest BCUT2D eigenvalue weighted by Gasteiger charge is 2.38. The summed E-state index contributed by atoms with van der Waals surface area (Å²) in [6.07, 6.45) is 9.21. The van der Waals surface area contributed by atoms with Crippen molar-refractivity contribution in [2.45, 2.75) is 36.9 Å². The Morgan fingerprint density at radius 3 is 2.84 bits per heavy atom. The highest BCUT2D eigenvalue weighted by atomic mass is 32.2. The van der Waals surface area contributed by atoms with Crippen LogP contribution in [0, 0.1) is 0 Å². The van der Waals surface area contributed by atoms with Crippen LogP contribution in [0.25, 0.3) is 0 Å². The van der Waals surface area contributed by atoms with Crippen molar-refractivity contribution in [1.29, 1.82) is 0 Å². The topological polar surface area (TPSA) is 27.6 Å². The van der Waals surface area contributed by atoms with Crippen molar-refractivity contribution >= 4 is 29.5 Å². The van der Waals surface area contributed by atoms with Crippen LogP contribution in [0.15, 0.2) is 4.99 Å². The first-order valence-corrected chi connectivity index (χ1v) is 9.76. The summed E-state index contributed by atoms with van der Waals surface area (Å²) < 4.78 is 0.521. The lowest BCUT2D eigenvalue weighted by Gasteiger charge is -2.45. The molecule has 1 saturated heterocycles. The van der Waals surface area contributed by atoms with Gasteiger partial charge < -0.3 is 10.2 Å². The molecular formula is C14H27N3S2. The molecule has 0 aromatic rings. The summed E-state index contributed by atoms with van der Waals surface area (Å²) >= 11 is 4.10. The van der Waals surface area contributed by atoms with Gasteiger partial charge in [0.1, 0.15) is 0 Å². The van der Waals surface area contributed by atoms with Gasteiger partial charge in [-0.2, -0.15) is 23.5 Å². The molecule has 1 spiro atoms. The van der Waals surface area contributed by atoms with Gasteiger partial charge in [0.05, 0.1) is 0 Å². The zero-order valence-electron chi connectivity index (χ0n) is 12.3. The number of rotatable bonds is 3. The number of hydrogen-bond donors (Lipinski definition) is 1. The molecule has 2 fully saturated rings. The molecule has 5 heteroatoms. The Kier molecular flexibility index (Phi) is 6.20. The van der Waals surface area contributed by atoms with E-state index in [4.69, 9.17) is 0 Å². The maximum absolute atomic E-state index is 4.47. The van der Waals surface area contributed by atoms with Crippen LogP contribution in [0.1, 0.15) is 32.1 Å². The first-order chi connectivity index (χ1) is 9.29. The van der Waals surface area contributed by atoms with Crippen molar-refractivity contribution < 1.29 is 0 Å². The standard InChI is InChI=1S/C14H27N3S2/c1-15-13(16-8-10-18-2)17-9-11-19-14(12-17)6-4-3-5-7-14/h3-12H2,1-2H3,(H,15,16). The molecule has 19 heavy (non-hydrogen) atoms. The predicted molar refractivity (Wildman–Crippen MR) is 89.6 cm³/mol. The van der Waals surface area contributed by atoms with Gasteiger partial charge >= 0.3 is 0 Å². The molecule has 1 heterocycles. The summed E-state index contributed by atoms with van der Waals surface area (Å²) in [6, 6.07) is 0. The van der Waals surface area contributed by atoms with Crippen LogP contribution < -0.4 is 5.32 Å². The SMILES string of the molecule is CN=C(NCCSC)N1CCSC2(CCCCC2)C1. The van der Waals surface area contributed by atoms with Crippen molar-refractivity contribution in [3.05, 3.63) is 0 Å². The van der Waals surface area contributed by atoms with E-state index in [9.17, 15) is 0 Å². The van der Waals surface area contributed by atoms with E-state index in [0.29, 0.717) is 4.75 Å². The van der Waals surface area contributed by atoms with Gasteiger partial charge in [-0.3, -0.25) is 4.99 Å². The third-order valence-electron chi connectivity index (χ3n) is 4.11. The van der Waals surface area contributed by atoms with Crippen LogP contribution in [-0.2, 0) is 0 Å². The van der Waals surface area contributed by atoms with Crippen LogP contribution in [-0.4, -0.2) is 60.0 Å². The minimum absolute atomic E-state index is 0.521. The van der Waals surface area contributed by atoms with Gasteiger partial charge in [0, 0.05) is 42.9 Å². The van der Waals surface area contributed by atoms with E-state index in [1.807, 2.05) is 18.8 Å². The van der Waals surface area contributed by atoms with Gasteiger partial charge in [-0.05, 0) is 19.1 Å². The van der Waals surface area contributed by atoms with E-state index in [0.717, 1.165) is 24.8 Å². The quantitative estimate of drug-likeness (QED) is 0.493.